The van der Waals surface area contributed by atoms with E-state index >= 15 is 0 Å². The van der Waals surface area contributed by atoms with Crippen molar-refractivity contribution in [2.75, 3.05) is 0 Å². The fourth-order valence-corrected chi connectivity index (χ4v) is 0.167. The van der Waals surface area contributed by atoms with Gasteiger partial charge in [-0.3, -0.25) is 4.21 Å². The molecule has 0 aliphatic carbocycles. The first kappa shape index (κ1) is 16.8. The van der Waals surface area contributed by atoms with E-state index in [4.69, 9.17) is 18.7 Å². The quantitative estimate of drug-likeness (QED) is 0.288. The molecule has 0 saturated heterocycles. The van der Waals surface area contributed by atoms with Crippen LogP contribution in [0.1, 0.15) is 0 Å². The van der Waals surface area contributed by atoms with E-state index in [2.05, 4.69) is 4.18 Å². The van der Waals surface area contributed by atoms with Gasteiger partial charge in [-0.05, 0) is 0 Å². The fraction of sp³-hybridized carbons (Fsp3) is 0. The van der Waals surface area contributed by atoms with Crippen LogP contribution in [0, 0.1) is 0 Å². The summed E-state index contributed by atoms with van der Waals surface area (Å²) in [6.07, 6.45) is -2.08. The fourth-order valence-electron chi connectivity index (χ4n) is 0.0556. The van der Waals surface area contributed by atoms with E-state index in [1.165, 1.54) is 0 Å². The van der Waals surface area contributed by atoms with Crippen molar-refractivity contribution in [3.05, 3.63) is 0 Å². The van der Waals surface area contributed by atoms with Gasteiger partial charge in [-0.15, -0.1) is 0 Å². The third-order valence-electron chi connectivity index (χ3n) is 0.136. The summed E-state index contributed by atoms with van der Waals surface area (Å²) >= 11 is -3.01. The number of carbonyl (C=O) groups excluding carboxylic acids is 1. The van der Waals surface area contributed by atoms with Gasteiger partial charge in [0.05, 0.1) is 11.4 Å². The molecule has 0 heterocycles. The largest absolute Gasteiger partial charge is 1.00 e. The van der Waals surface area contributed by atoms with Gasteiger partial charge >= 0.3 is 59.1 Å². The Balaban J connectivity index is -0.000000180. The molecule has 0 N–H and O–H groups in total. The molecule has 1 atom stereocenters. The van der Waals surface area contributed by atoms with Crippen molar-refractivity contribution in [3.63, 3.8) is 0 Å². The van der Waals surface area contributed by atoms with Crippen LogP contribution in [-0.2, 0) is 15.5 Å². The molecule has 42 valence electrons. The molecule has 0 saturated carbocycles. The second-order valence-corrected chi connectivity index (χ2v) is 1.11. The predicted molar refractivity (Wildman–Crippen MR) is 15.4 cm³/mol. The minimum atomic E-state index is -3.01. The summed E-state index contributed by atoms with van der Waals surface area (Å²) in [6, 6.07) is 0. The van der Waals surface area contributed by atoms with Crippen molar-refractivity contribution in [2.24, 2.45) is 0 Å². The monoisotopic (exact) mass is 170 g/mol. The van der Waals surface area contributed by atoms with Gasteiger partial charge in [-0.2, -0.15) is 0 Å². The molecule has 0 fully saturated rings. The van der Waals surface area contributed by atoms with Gasteiger partial charge < -0.3 is 18.6 Å². The summed E-state index contributed by atoms with van der Waals surface area (Å²) in [5, 5.41) is 9.08. The Hall–Kier alpha value is 1.38. The van der Waals surface area contributed by atoms with Crippen molar-refractivity contribution in [1.82, 2.24) is 0 Å². The minimum Gasteiger partial charge on any atom is -0.755 e. The maximum Gasteiger partial charge on any atom is 1.00 e. The second-order valence-electron chi connectivity index (χ2n) is 0.537. The summed E-state index contributed by atoms with van der Waals surface area (Å²) in [5.74, 6) is 0. The molecule has 0 aliphatic rings. The normalized spacial score (nSPS) is 9.89. The minimum absolute atomic E-state index is 0. The molecule has 8 heteroatoms. The summed E-state index contributed by atoms with van der Waals surface area (Å²) in [6.45, 7) is 0. The molecule has 0 radical (unpaired) electrons. The molecule has 0 amide bonds. The Morgan fingerprint density at radius 3 is 1.78 bits per heavy atom. The number of carboxylic acid groups (broad SMARTS) is 1. The molecular formula is CNa2O5S. The molecule has 0 aliphatic heterocycles. The van der Waals surface area contributed by atoms with Crippen molar-refractivity contribution in [1.29, 1.82) is 0 Å². The molecule has 0 aromatic heterocycles. The van der Waals surface area contributed by atoms with Crippen LogP contribution in [0.4, 0.5) is 4.79 Å². The van der Waals surface area contributed by atoms with Gasteiger partial charge in [-0.1, -0.05) is 0 Å². The van der Waals surface area contributed by atoms with Gasteiger partial charge in [0.25, 0.3) is 6.16 Å². The van der Waals surface area contributed by atoms with Gasteiger partial charge in [0, 0.05) is 0 Å². The van der Waals surface area contributed by atoms with Gasteiger partial charge in [0.1, 0.15) is 0 Å². The van der Waals surface area contributed by atoms with Gasteiger partial charge in [0.15, 0.2) is 0 Å². The average Bonchev–Trinajstić information content (AvgIpc) is 1.27. The van der Waals surface area contributed by atoms with Crippen LogP contribution in [0.5, 0.6) is 0 Å². The maximum absolute atomic E-state index is 9.17. The summed E-state index contributed by atoms with van der Waals surface area (Å²) < 4.78 is 21.3. The molecule has 0 spiro atoms. The van der Waals surface area contributed by atoms with E-state index < -0.39 is 17.5 Å². The van der Waals surface area contributed by atoms with Crippen LogP contribution >= 0.6 is 0 Å². The van der Waals surface area contributed by atoms with Crippen LogP contribution in [0.25, 0.3) is 0 Å². The molecule has 0 bridgehead atoms. The Morgan fingerprint density at radius 2 is 1.78 bits per heavy atom. The van der Waals surface area contributed by atoms with E-state index in [1.807, 2.05) is 0 Å². The molecule has 1 unspecified atom stereocenters. The first-order valence-corrected chi connectivity index (χ1v) is 2.11. The zero-order valence-corrected chi connectivity index (χ0v) is 9.77. The zero-order valence-electron chi connectivity index (χ0n) is 4.95. The molecule has 0 rings (SSSR count). The van der Waals surface area contributed by atoms with Crippen molar-refractivity contribution >= 4 is 17.5 Å². The van der Waals surface area contributed by atoms with E-state index in [0.29, 0.717) is 0 Å². The molecular weight excluding hydrogens is 170 g/mol. The van der Waals surface area contributed by atoms with Gasteiger partial charge in [0.2, 0.25) is 0 Å². The van der Waals surface area contributed by atoms with Crippen molar-refractivity contribution in [2.45, 2.75) is 0 Å². The van der Waals surface area contributed by atoms with Crippen LogP contribution in [0.15, 0.2) is 0 Å². The topological polar surface area (TPSA) is 89.5 Å². The van der Waals surface area contributed by atoms with Crippen LogP contribution in [0.3, 0.4) is 0 Å². The van der Waals surface area contributed by atoms with Crippen molar-refractivity contribution < 1.29 is 82.0 Å². The molecule has 5 nitrogen and oxygen atoms in total. The number of hydrogen-bond acceptors (Lipinski definition) is 5. The summed E-state index contributed by atoms with van der Waals surface area (Å²) in [5.41, 5.74) is 0. The van der Waals surface area contributed by atoms with Crippen molar-refractivity contribution in [3.8, 4) is 0 Å². The third-order valence-corrected chi connectivity index (χ3v) is 0.408. The second kappa shape index (κ2) is 9.38. The Morgan fingerprint density at radius 1 is 1.44 bits per heavy atom. The number of hydrogen-bond donors (Lipinski definition) is 0. The molecule has 0 aromatic carbocycles. The first-order chi connectivity index (χ1) is 3.13. The summed E-state index contributed by atoms with van der Waals surface area (Å²) in [4.78, 5) is 9.08. The predicted octanol–water partition coefficient (Wildman–Crippen LogP) is -7.85. The maximum atomic E-state index is 9.17. The first-order valence-electron chi connectivity index (χ1n) is 1.11. The van der Waals surface area contributed by atoms with E-state index in [-0.39, 0.29) is 59.1 Å². The number of rotatable bonds is 1. The summed E-state index contributed by atoms with van der Waals surface area (Å²) in [7, 11) is 0. The SMILES string of the molecule is O=C([O-])OS(=O)[O-].[Na+].[Na+]. The van der Waals surface area contributed by atoms with E-state index in [9.17, 15) is 0 Å². The Kier molecular flexibility index (Phi) is 17.5. The Bertz CT molecular complexity index is 91.1. The molecule has 9 heavy (non-hydrogen) atoms. The smallest absolute Gasteiger partial charge is 0.755 e. The molecule has 0 aromatic rings. The van der Waals surface area contributed by atoms with Crippen LogP contribution in [0.2, 0.25) is 0 Å². The van der Waals surface area contributed by atoms with E-state index in [0.717, 1.165) is 0 Å². The number of carbonyl (C=O) groups is 1. The Labute approximate surface area is 98.2 Å². The van der Waals surface area contributed by atoms with Crippen LogP contribution < -0.4 is 64.2 Å². The van der Waals surface area contributed by atoms with Gasteiger partial charge in [-0.25, -0.2) is 0 Å². The third kappa shape index (κ3) is 17.7. The van der Waals surface area contributed by atoms with E-state index in [1.54, 1.807) is 0 Å². The zero-order chi connectivity index (χ0) is 5.86. The average molecular weight is 170 g/mol. The van der Waals surface area contributed by atoms with Crippen LogP contribution in [-0.4, -0.2) is 14.9 Å². The standard InChI is InChI=1S/CH2O5S.2Na/c2-1(3)6-7(4)5;;/h(H,2,3)(H,4,5);;/q;2*+1/p-2.